The lowest BCUT2D eigenvalue weighted by molar-refractivity contribution is -0.139. The van der Waals surface area contributed by atoms with Crippen LogP contribution >= 0.6 is 0 Å². The zero-order valence-electron chi connectivity index (χ0n) is 10.3. The molecule has 0 aliphatic carbocycles. The van der Waals surface area contributed by atoms with E-state index in [1.165, 1.54) is 19.3 Å². The molecule has 1 rings (SSSR count). The fourth-order valence-corrected chi connectivity index (χ4v) is 2.29. The zero-order chi connectivity index (χ0) is 11.3. The molecule has 88 valence electrons. The van der Waals surface area contributed by atoms with Crippen LogP contribution in [0.15, 0.2) is 0 Å². The van der Waals surface area contributed by atoms with Crippen LogP contribution in [0.2, 0.25) is 0 Å². The average molecular weight is 212 g/mol. The van der Waals surface area contributed by atoms with E-state index in [1.807, 2.05) is 5.01 Å². The predicted octanol–water partition coefficient (Wildman–Crippen LogP) is 2.28. The Labute approximate surface area is 93.4 Å². The summed E-state index contributed by atoms with van der Waals surface area (Å²) in [6, 6.07) is 0. The first kappa shape index (κ1) is 12.5. The number of hydrogen-bond acceptors (Lipinski definition) is 2. The van der Waals surface area contributed by atoms with Crippen molar-refractivity contribution in [3.05, 3.63) is 0 Å². The van der Waals surface area contributed by atoms with Crippen LogP contribution < -0.4 is 0 Å². The summed E-state index contributed by atoms with van der Waals surface area (Å²) in [6.07, 6.45) is 4.75. The van der Waals surface area contributed by atoms with E-state index in [9.17, 15) is 4.79 Å². The first-order valence-corrected chi connectivity index (χ1v) is 6.30. The maximum absolute atomic E-state index is 12.0. The van der Waals surface area contributed by atoms with Crippen molar-refractivity contribution < 1.29 is 4.79 Å². The van der Waals surface area contributed by atoms with Crippen molar-refractivity contribution in [3.8, 4) is 0 Å². The first-order valence-electron chi connectivity index (χ1n) is 6.30. The van der Waals surface area contributed by atoms with Gasteiger partial charge in [0.25, 0.3) is 0 Å². The van der Waals surface area contributed by atoms with Gasteiger partial charge in [0.2, 0.25) is 5.91 Å². The van der Waals surface area contributed by atoms with Gasteiger partial charge in [-0.1, -0.05) is 33.1 Å². The Hall–Kier alpha value is -0.570. The van der Waals surface area contributed by atoms with Crippen molar-refractivity contribution in [2.45, 2.75) is 46.5 Å². The van der Waals surface area contributed by atoms with Gasteiger partial charge in [-0.05, 0) is 13.3 Å². The van der Waals surface area contributed by atoms with Crippen molar-refractivity contribution in [2.24, 2.45) is 5.92 Å². The van der Waals surface area contributed by atoms with E-state index < -0.39 is 0 Å². The number of rotatable bonds is 6. The van der Waals surface area contributed by atoms with Gasteiger partial charge >= 0.3 is 0 Å². The second kappa shape index (κ2) is 6.11. The minimum atomic E-state index is 0.261. The van der Waals surface area contributed by atoms with Crippen LogP contribution in [0.1, 0.15) is 46.5 Å². The molecule has 0 radical (unpaired) electrons. The lowest BCUT2D eigenvalue weighted by Gasteiger charge is -2.24. The van der Waals surface area contributed by atoms with Gasteiger partial charge in [-0.3, -0.25) is 9.80 Å². The van der Waals surface area contributed by atoms with Crippen molar-refractivity contribution in [1.29, 1.82) is 0 Å². The van der Waals surface area contributed by atoms with Crippen molar-refractivity contribution in [3.63, 3.8) is 0 Å². The standard InChI is InChI=1S/C12H24N2O/c1-4-7-8-9-11-10-13(5-2)14(6-3)12(11)15/h11H,4-10H2,1-3H3. The van der Waals surface area contributed by atoms with Crippen LogP contribution in [-0.4, -0.2) is 35.6 Å². The fraction of sp³-hybridized carbons (Fsp3) is 0.917. The minimum absolute atomic E-state index is 0.261. The number of amides is 1. The van der Waals surface area contributed by atoms with E-state index in [1.54, 1.807) is 0 Å². The molecule has 0 saturated carbocycles. The maximum atomic E-state index is 12.0. The molecule has 3 nitrogen and oxygen atoms in total. The SMILES string of the molecule is CCCCCC1CN(CC)N(CC)C1=O. The second-order valence-corrected chi connectivity index (χ2v) is 4.25. The van der Waals surface area contributed by atoms with Gasteiger partial charge in [-0.25, -0.2) is 5.01 Å². The highest BCUT2D eigenvalue weighted by Gasteiger charge is 2.35. The van der Waals surface area contributed by atoms with Crippen LogP contribution in [0.4, 0.5) is 0 Å². The lowest BCUT2D eigenvalue weighted by Crippen LogP contribution is -2.38. The van der Waals surface area contributed by atoms with Crippen LogP contribution in [0.25, 0.3) is 0 Å². The second-order valence-electron chi connectivity index (χ2n) is 4.25. The van der Waals surface area contributed by atoms with Crippen molar-refractivity contribution in [2.75, 3.05) is 19.6 Å². The fourth-order valence-electron chi connectivity index (χ4n) is 2.29. The van der Waals surface area contributed by atoms with Crippen molar-refractivity contribution in [1.82, 2.24) is 10.0 Å². The molecule has 0 spiro atoms. The molecular formula is C12H24N2O. The summed E-state index contributed by atoms with van der Waals surface area (Å²) in [7, 11) is 0. The van der Waals surface area contributed by atoms with E-state index in [4.69, 9.17) is 0 Å². The van der Waals surface area contributed by atoms with Crippen LogP contribution in [0, 0.1) is 5.92 Å². The Bertz CT molecular complexity index is 206. The molecule has 1 heterocycles. The summed E-state index contributed by atoms with van der Waals surface area (Å²) in [5.74, 6) is 0.604. The van der Waals surface area contributed by atoms with E-state index in [0.29, 0.717) is 5.91 Å². The Balaban J connectivity index is 2.44. The summed E-state index contributed by atoms with van der Waals surface area (Å²) in [4.78, 5) is 12.0. The number of carbonyl (C=O) groups excluding carboxylic acids is 1. The lowest BCUT2D eigenvalue weighted by atomic mass is 10.0. The summed E-state index contributed by atoms with van der Waals surface area (Å²) < 4.78 is 0. The largest absolute Gasteiger partial charge is 0.275 e. The molecule has 0 aromatic carbocycles. The molecular weight excluding hydrogens is 188 g/mol. The van der Waals surface area contributed by atoms with Gasteiger partial charge in [0.1, 0.15) is 0 Å². The number of hydrogen-bond donors (Lipinski definition) is 0. The van der Waals surface area contributed by atoms with Crippen LogP contribution in [0.3, 0.4) is 0 Å². The highest BCUT2D eigenvalue weighted by molar-refractivity contribution is 5.80. The zero-order valence-corrected chi connectivity index (χ0v) is 10.3. The van der Waals surface area contributed by atoms with Gasteiger partial charge in [-0.15, -0.1) is 0 Å². The van der Waals surface area contributed by atoms with E-state index in [0.717, 1.165) is 26.1 Å². The monoisotopic (exact) mass is 212 g/mol. The molecule has 1 saturated heterocycles. The molecule has 1 atom stereocenters. The predicted molar refractivity (Wildman–Crippen MR) is 62.3 cm³/mol. The normalized spacial score (nSPS) is 22.7. The van der Waals surface area contributed by atoms with Crippen LogP contribution in [0.5, 0.6) is 0 Å². The number of unbranched alkanes of at least 4 members (excludes halogenated alkanes) is 2. The summed E-state index contributed by atoms with van der Waals surface area (Å²) >= 11 is 0. The van der Waals surface area contributed by atoms with E-state index in [-0.39, 0.29) is 5.92 Å². The molecule has 1 aliphatic rings. The summed E-state index contributed by atoms with van der Waals surface area (Å²) in [5, 5.41) is 4.09. The Kier molecular flexibility index (Phi) is 5.09. The third kappa shape index (κ3) is 2.94. The van der Waals surface area contributed by atoms with E-state index in [2.05, 4.69) is 25.8 Å². The Morgan fingerprint density at radius 1 is 1.20 bits per heavy atom. The third-order valence-electron chi connectivity index (χ3n) is 3.20. The highest BCUT2D eigenvalue weighted by Crippen LogP contribution is 2.22. The van der Waals surface area contributed by atoms with Gasteiger partial charge in [0.15, 0.2) is 0 Å². The smallest absolute Gasteiger partial charge is 0.241 e. The van der Waals surface area contributed by atoms with Crippen molar-refractivity contribution >= 4 is 5.91 Å². The average Bonchev–Trinajstić information content (AvgIpc) is 2.55. The van der Waals surface area contributed by atoms with E-state index >= 15 is 0 Å². The Morgan fingerprint density at radius 3 is 2.40 bits per heavy atom. The first-order chi connectivity index (χ1) is 7.24. The number of nitrogens with zero attached hydrogens (tertiary/aromatic N) is 2. The third-order valence-corrected chi connectivity index (χ3v) is 3.20. The van der Waals surface area contributed by atoms with Crippen LogP contribution in [-0.2, 0) is 4.79 Å². The molecule has 1 amide bonds. The number of hydrazine groups is 1. The van der Waals surface area contributed by atoms with Gasteiger partial charge in [-0.2, -0.15) is 0 Å². The Morgan fingerprint density at radius 2 is 1.93 bits per heavy atom. The molecule has 1 fully saturated rings. The molecule has 1 aliphatic heterocycles. The molecule has 0 N–H and O–H groups in total. The summed E-state index contributed by atoms with van der Waals surface area (Å²) in [6.45, 7) is 9.07. The minimum Gasteiger partial charge on any atom is -0.275 e. The molecule has 0 aromatic rings. The maximum Gasteiger partial charge on any atom is 0.241 e. The molecule has 3 heteroatoms. The van der Waals surface area contributed by atoms with Gasteiger partial charge in [0, 0.05) is 19.6 Å². The molecule has 0 aromatic heterocycles. The quantitative estimate of drug-likeness (QED) is 0.631. The topological polar surface area (TPSA) is 23.6 Å². The number of carbonyl (C=O) groups is 1. The van der Waals surface area contributed by atoms with Gasteiger partial charge in [0.05, 0.1) is 5.92 Å². The molecule has 15 heavy (non-hydrogen) atoms. The molecule has 1 unspecified atom stereocenters. The highest BCUT2D eigenvalue weighted by atomic mass is 16.2. The molecule has 0 bridgehead atoms. The summed E-state index contributed by atoms with van der Waals surface area (Å²) in [5.41, 5.74) is 0. The van der Waals surface area contributed by atoms with Gasteiger partial charge < -0.3 is 0 Å².